The highest BCUT2D eigenvalue weighted by molar-refractivity contribution is 7.87. The molecule has 1 saturated heterocycles. The first-order valence-corrected chi connectivity index (χ1v) is 7.28. The molecule has 1 rings (SSSR count). The maximum absolute atomic E-state index is 11.9. The number of nitrogens with one attached hydrogen (secondary N) is 1. The summed E-state index contributed by atoms with van der Waals surface area (Å²) in [5, 5.41) is 9.74. The highest BCUT2D eigenvalue weighted by Crippen LogP contribution is 2.13. The van der Waals surface area contributed by atoms with Gasteiger partial charge in [-0.15, -0.1) is 0 Å². The van der Waals surface area contributed by atoms with E-state index >= 15 is 0 Å². The van der Waals surface area contributed by atoms with Crippen molar-refractivity contribution in [3.05, 3.63) is 0 Å². The molecule has 16 heavy (non-hydrogen) atoms. The normalized spacial score (nSPS) is 22.9. The zero-order valence-electron chi connectivity index (χ0n) is 10.1. The van der Waals surface area contributed by atoms with Crippen molar-refractivity contribution in [2.24, 2.45) is 0 Å². The summed E-state index contributed by atoms with van der Waals surface area (Å²) >= 11 is 0. The van der Waals surface area contributed by atoms with Gasteiger partial charge in [-0.3, -0.25) is 0 Å². The Labute approximate surface area is 98.0 Å². The van der Waals surface area contributed by atoms with E-state index in [9.17, 15) is 13.5 Å². The molecule has 0 aliphatic carbocycles. The van der Waals surface area contributed by atoms with Gasteiger partial charge in [0.1, 0.15) is 0 Å². The molecule has 6 heteroatoms. The summed E-state index contributed by atoms with van der Waals surface area (Å²) in [7, 11) is -3.40. The molecular formula is C10H22N2O3S. The van der Waals surface area contributed by atoms with E-state index in [4.69, 9.17) is 0 Å². The fraction of sp³-hybridized carbons (Fsp3) is 1.00. The van der Waals surface area contributed by atoms with Gasteiger partial charge in [-0.1, -0.05) is 13.3 Å². The molecular weight excluding hydrogens is 228 g/mol. The molecule has 0 spiro atoms. The van der Waals surface area contributed by atoms with Gasteiger partial charge in [0.2, 0.25) is 0 Å². The molecule has 1 heterocycles. The van der Waals surface area contributed by atoms with Crippen LogP contribution in [-0.4, -0.2) is 43.1 Å². The van der Waals surface area contributed by atoms with Crippen molar-refractivity contribution in [2.75, 3.05) is 19.6 Å². The third-order valence-corrected chi connectivity index (χ3v) is 4.61. The summed E-state index contributed by atoms with van der Waals surface area (Å²) in [5.41, 5.74) is -0.969. The molecule has 5 nitrogen and oxygen atoms in total. The first-order valence-electron chi connectivity index (χ1n) is 5.84. The highest BCUT2D eigenvalue weighted by Gasteiger charge is 2.26. The minimum atomic E-state index is -3.40. The summed E-state index contributed by atoms with van der Waals surface area (Å²) in [6.45, 7) is 4.70. The van der Waals surface area contributed by atoms with Gasteiger partial charge in [0.25, 0.3) is 10.2 Å². The topological polar surface area (TPSA) is 69.6 Å². The standard InChI is InChI=1S/C10H22N2O3S/c1-3-10(2,13)9-11-16(14,15)12-7-5-4-6-8-12/h11,13H,3-9H2,1-2H3. The maximum atomic E-state index is 11.9. The number of hydrogen-bond donors (Lipinski definition) is 2. The Morgan fingerprint density at radius 1 is 1.31 bits per heavy atom. The fourth-order valence-electron chi connectivity index (χ4n) is 1.57. The lowest BCUT2D eigenvalue weighted by Crippen LogP contribution is -2.48. The van der Waals surface area contributed by atoms with Crippen LogP contribution < -0.4 is 4.72 Å². The van der Waals surface area contributed by atoms with Crippen LogP contribution in [0.2, 0.25) is 0 Å². The Morgan fingerprint density at radius 2 is 1.88 bits per heavy atom. The van der Waals surface area contributed by atoms with Crippen molar-refractivity contribution in [2.45, 2.75) is 45.1 Å². The average Bonchev–Trinajstić information content (AvgIpc) is 2.28. The van der Waals surface area contributed by atoms with Crippen LogP contribution in [0.25, 0.3) is 0 Å². The van der Waals surface area contributed by atoms with Crippen LogP contribution in [0.5, 0.6) is 0 Å². The lowest BCUT2D eigenvalue weighted by molar-refractivity contribution is 0.0608. The minimum absolute atomic E-state index is 0.0718. The van der Waals surface area contributed by atoms with Crippen LogP contribution in [-0.2, 0) is 10.2 Å². The molecule has 1 aliphatic rings. The van der Waals surface area contributed by atoms with Gasteiger partial charge < -0.3 is 5.11 Å². The number of hydrogen-bond acceptors (Lipinski definition) is 3. The van der Waals surface area contributed by atoms with Gasteiger partial charge in [0.05, 0.1) is 5.60 Å². The number of nitrogens with zero attached hydrogens (tertiary/aromatic N) is 1. The summed E-state index contributed by atoms with van der Waals surface area (Å²) in [4.78, 5) is 0. The molecule has 0 bridgehead atoms. The predicted molar refractivity (Wildman–Crippen MR) is 63.3 cm³/mol. The van der Waals surface area contributed by atoms with Gasteiger partial charge in [0, 0.05) is 19.6 Å². The zero-order chi connectivity index (χ0) is 12.2. The van der Waals surface area contributed by atoms with E-state index < -0.39 is 15.8 Å². The monoisotopic (exact) mass is 250 g/mol. The zero-order valence-corrected chi connectivity index (χ0v) is 10.9. The molecule has 1 atom stereocenters. The molecule has 0 radical (unpaired) electrons. The van der Waals surface area contributed by atoms with Crippen LogP contribution in [0.3, 0.4) is 0 Å². The molecule has 1 fully saturated rings. The van der Waals surface area contributed by atoms with E-state index in [-0.39, 0.29) is 6.54 Å². The van der Waals surface area contributed by atoms with Crippen molar-refractivity contribution in [3.63, 3.8) is 0 Å². The molecule has 2 N–H and O–H groups in total. The second-order valence-corrected chi connectivity index (χ2v) is 6.39. The lowest BCUT2D eigenvalue weighted by Gasteiger charge is -2.28. The molecule has 0 saturated carbocycles. The predicted octanol–water partition coefficient (Wildman–Crippen LogP) is 0.468. The van der Waals surface area contributed by atoms with Gasteiger partial charge >= 0.3 is 0 Å². The molecule has 0 aromatic rings. The molecule has 0 amide bonds. The second-order valence-electron chi connectivity index (χ2n) is 4.64. The smallest absolute Gasteiger partial charge is 0.279 e. The van der Waals surface area contributed by atoms with Gasteiger partial charge in [-0.05, 0) is 26.2 Å². The average molecular weight is 250 g/mol. The van der Waals surface area contributed by atoms with E-state index in [1.54, 1.807) is 6.92 Å². The van der Waals surface area contributed by atoms with E-state index in [0.29, 0.717) is 19.5 Å². The minimum Gasteiger partial charge on any atom is -0.389 e. The second kappa shape index (κ2) is 5.44. The first kappa shape index (κ1) is 13.9. The number of piperidine rings is 1. The molecule has 0 aromatic heterocycles. The van der Waals surface area contributed by atoms with Crippen LogP contribution >= 0.6 is 0 Å². The summed E-state index contributed by atoms with van der Waals surface area (Å²) in [6, 6.07) is 0. The van der Waals surface area contributed by atoms with E-state index in [1.807, 2.05) is 6.92 Å². The molecule has 96 valence electrons. The summed E-state index contributed by atoms with van der Waals surface area (Å²) < 4.78 is 27.6. The molecule has 0 aromatic carbocycles. The third kappa shape index (κ3) is 4.01. The fourth-order valence-corrected chi connectivity index (χ4v) is 2.98. The number of aliphatic hydroxyl groups is 1. The van der Waals surface area contributed by atoms with Crippen LogP contribution in [0.4, 0.5) is 0 Å². The Bertz CT molecular complexity index is 308. The van der Waals surface area contributed by atoms with Crippen molar-refractivity contribution in [3.8, 4) is 0 Å². The van der Waals surface area contributed by atoms with Gasteiger partial charge in [-0.25, -0.2) is 0 Å². The van der Waals surface area contributed by atoms with Crippen LogP contribution in [0.1, 0.15) is 39.5 Å². The van der Waals surface area contributed by atoms with Crippen LogP contribution in [0, 0.1) is 0 Å². The summed E-state index contributed by atoms with van der Waals surface area (Å²) in [5.74, 6) is 0. The SMILES string of the molecule is CCC(C)(O)CNS(=O)(=O)N1CCCCC1. The highest BCUT2D eigenvalue weighted by atomic mass is 32.2. The van der Waals surface area contributed by atoms with Crippen molar-refractivity contribution in [1.29, 1.82) is 0 Å². The summed E-state index contributed by atoms with van der Waals surface area (Å²) in [6.07, 6.45) is 3.46. The van der Waals surface area contributed by atoms with Crippen molar-refractivity contribution < 1.29 is 13.5 Å². The van der Waals surface area contributed by atoms with E-state index in [1.165, 1.54) is 4.31 Å². The van der Waals surface area contributed by atoms with E-state index in [0.717, 1.165) is 19.3 Å². The maximum Gasteiger partial charge on any atom is 0.279 e. The van der Waals surface area contributed by atoms with Crippen molar-refractivity contribution in [1.82, 2.24) is 9.03 Å². The Hall–Kier alpha value is -0.170. The van der Waals surface area contributed by atoms with Crippen molar-refractivity contribution >= 4 is 10.2 Å². The quantitative estimate of drug-likeness (QED) is 0.745. The lowest BCUT2D eigenvalue weighted by atomic mass is 10.1. The number of rotatable bonds is 5. The van der Waals surface area contributed by atoms with Gasteiger partial charge in [-0.2, -0.15) is 17.4 Å². The largest absolute Gasteiger partial charge is 0.389 e. The Kier molecular flexibility index (Phi) is 4.73. The molecule has 1 unspecified atom stereocenters. The molecule has 1 aliphatic heterocycles. The van der Waals surface area contributed by atoms with Gasteiger partial charge in [0.15, 0.2) is 0 Å². The van der Waals surface area contributed by atoms with E-state index in [2.05, 4.69) is 4.72 Å². The van der Waals surface area contributed by atoms with Crippen LogP contribution in [0.15, 0.2) is 0 Å². The Morgan fingerprint density at radius 3 is 2.38 bits per heavy atom. The third-order valence-electron chi connectivity index (χ3n) is 3.05. The Balaban J connectivity index is 2.51. The first-order chi connectivity index (χ1) is 7.37.